The predicted octanol–water partition coefficient (Wildman–Crippen LogP) is 0.0600. The molecule has 1 aliphatic heterocycles. The van der Waals surface area contributed by atoms with E-state index in [0.717, 1.165) is 19.3 Å². The van der Waals surface area contributed by atoms with Crippen molar-refractivity contribution in [3.8, 4) is 0 Å². The topological polar surface area (TPSA) is 69.6 Å². The third-order valence-electron chi connectivity index (χ3n) is 2.78. The number of carboxylic acids is 1. The van der Waals surface area contributed by atoms with Crippen LogP contribution in [0.3, 0.4) is 0 Å². The largest absolute Gasteiger partial charge is 0.480 e. The van der Waals surface area contributed by atoms with Crippen LogP contribution in [0, 0.1) is 0 Å². The first kappa shape index (κ1) is 12.0. The Kier molecular flexibility index (Phi) is 4.08. The van der Waals surface area contributed by atoms with Crippen LogP contribution < -0.4 is 5.32 Å². The maximum atomic E-state index is 11.7. The molecule has 5 heteroatoms. The number of nitrogens with zero attached hydrogens (tertiary/aromatic N) is 1. The van der Waals surface area contributed by atoms with Crippen molar-refractivity contribution in [2.75, 3.05) is 13.6 Å². The molecule has 1 heterocycles. The molecule has 1 rings (SSSR count). The van der Waals surface area contributed by atoms with E-state index in [1.165, 1.54) is 11.9 Å². The molecule has 15 heavy (non-hydrogen) atoms. The van der Waals surface area contributed by atoms with Gasteiger partial charge in [-0.25, -0.2) is 0 Å². The normalized spacial score (nSPS) is 25.2. The standard InChI is InChI=1S/C10H18N2O3/c1-3-7-4-5-8(11-7)10(15)12(2)6-9(13)14/h7-8,11H,3-6H2,1-2H3,(H,13,14)/t7-,8+/m1/s1. The van der Waals surface area contributed by atoms with Crippen LogP contribution in [-0.2, 0) is 9.59 Å². The van der Waals surface area contributed by atoms with E-state index < -0.39 is 5.97 Å². The van der Waals surface area contributed by atoms with Crippen LogP contribution in [-0.4, -0.2) is 47.6 Å². The molecule has 1 fully saturated rings. The lowest BCUT2D eigenvalue weighted by atomic mass is 10.1. The zero-order valence-corrected chi connectivity index (χ0v) is 9.19. The molecule has 1 aliphatic rings. The Bertz CT molecular complexity index is 255. The Labute approximate surface area is 89.4 Å². The molecule has 0 saturated carbocycles. The average Bonchev–Trinajstić information content (AvgIpc) is 2.63. The summed E-state index contributed by atoms with van der Waals surface area (Å²) in [6.45, 7) is 1.85. The van der Waals surface area contributed by atoms with Gasteiger partial charge in [0, 0.05) is 13.1 Å². The van der Waals surface area contributed by atoms with Crippen molar-refractivity contribution in [3.05, 3.63) is 0 Å². The minimum atomic E-state index is -0.976. The fraction of sp³-hybridized carbons (Fsp3) is 0.800. The number of carboxylic acid groups (broad SMARTS) is 1. The minimum absolute atomic E-state index is 0.117. The van der Waals surface area contributed by atoms with E-state index in [1.807, 2.05) is 0 Å². The first-order valence-electron chi connectivity index (χ1n) is 5.27. The number of rotatable bonds is 4. The second-order valence-corrected chi connectivity index (χ2v) is 3.99. The maximum Gasteiger partial charge on any atom is 0.323 e. The first-order chi connectivity index (χ1) is 7.04. The second-order valence-electron chi connectivity index (χ2n) is 3.99. The van der Waals surface area contributed by atoms with E-state index in [9.17, 15) is 9.59 Å². The second kappa shape index (κ2) is 5.11. The smallest absolute Gasteiger partial charge is 0.323 e. The Hall–Kier alpha value is -1.10. The molecular weight excluding hydrogens is 196 g/mol. The van der Waals surface area contributed by atoms with Gasteiger partial charge >= 0.3 is 5.97 Å². The molecule has 5 nitrogen and oxygen atoms in total. The molecule has 1 amide bonds. The van der Waals surface area contributed by atoms with E-state index in [4.69, 9.17) is 5.11 Å². The first-order valence-corrected chi connectivity index (χ1v) is 5.27. The molecular formula is C10H18N2O3. The van der Waals surface area contributed by atoms with Crippen molar-refractivity contribution in [1.29, 1.82) is 0 Å². The lowest BCUT2D eigenvalue weighted by molar-refractivity contribution is -0.144. The van der Waals surface area contributed by atoms with Crippen molar-refractivity contribution < 1.29 is 14.7 Å². The highest BCUT2D eigenvalue weighted by molar-refractivity contribution is 5.85. The van der Waals surface area contributed by atoms with Crippen molar-refractivity contribution in [1.82, 2.24) is 10.2 Å². The lowest BCUT2D eigenvalue weighted by Crippen LogP contribution is -2.45. The maximum absolute atomic E-state index is 11.7. The minimum Gasteiger partial charge on any atom is -0.480 e. The number of likely N-dealkylation sites (N-methyl/N-ethyl adjacent to an activating group) is 1. The molecule has 0 aromatic rings. The SMILES string of the molecule is CC[C@@H]1CC[C@@H](C(=O)N(C)CC(=O)O)N1. The molecule has 0 unspecified atom stereocenters. The molecule has 86 valence electrons. The van der Waals surface area contributed by atoms with E-state index in [1.54, 1.807) is 0 Å². The van der Waals surface area contributed by atoms with Gasteiger partial charge in [0.15, 0.2) is 0 Å². The molecule has 0 aliphatic carbocycles. The highest BCUT2D eigenvalue weighted by atomic mass is 16.4. The van der Waals surface area contributed by atoms with Crippen LogP contribution in [0.5, 0.6) is 0 Å². The fourth-order valence-corrected chi connectivity index (χ4v) is 1.88. The summed E-state index contributed by atoms with van der Waals surface area (Å²) in [6, 6.07) is 0.205. The molecule has 0 bridgehead atoms. The number of nitrogens with one attached hydrogen (secondary N) is 1. The number of carbonyl (C=O) groups is 2. The van der Waals surface area contributed by atoms with Crippen LogP contribution in [0.25, 0.3) is 0 Å². The van der Waals surface area contributed by atoms with Gasteiger partial charge in [0.2, 0.25) is 5.91 Å². The number of hydrogen-bond acceptors (Lipinski definition) is 3. The van der Waals surface area contributed by atoms with Gasteiger partial charge in [-0.1, -0.05) is 6.92 Å². The monoisotopic (exact) mass is 214 g/mol. The summed E-state index contributed by atoms with van der Waals surface area (Å²) in [5.41, 5.74) is 0. The fourth-order valence-electron chi connectivity index (χ4n) is 1.88. The van der Waals surface area contributed by atoms with Crippen LogP contribution >= 0.6 is 0 Å². The highest BCUT2D eigenvalue weighted by Crippen LogP contribution is 2.16. The Morgan fingerprint density at radius 1 is 1.47 bits per heavy atom. The van der Waals surface area contributed by atoms with Gasteiger partial charge in [0.05, 0.1) is 6.04 Å². The zero-order valence-electron chi connectivity index (χ0n) is 9.19. The van der Waals surface area contributed by atoms with Crippen molar-refractivity contribution >= 4 is 11.9 Å². The predicted molar refractivity (Wildman–Crippen MR) is 55.5 cm³/mol. The lowest BCUT2D eigenvalue weighted by Gasteiger charge is -2.19. The van der Waals surface area contributed by atoms with Gasteiger partial charge in [0.25, 0.3) is 0 Å². The van der Waals surface area contributed by atoms with Crippen LogP contribution in [0.1, 0.15) is 26.2 Å². The summed E-state index contributed by atoms with van der Waals surface area (Å²) >= 11 is 0. The number of amides is 1. The Morgan fingerprint density at radius 3 is 2.60 bits per heavy atom. The van der Waals surface area contributed by atoms with E-state index >= 15 is 0 Å². The van der Waals surface area contributed by atoms with Crippen molar-refractivity contribution in [3.63, 3.8) is 0 Å². The van der Waals surface area contributed by atoms with Crippen molar-refractivity contribution in [2.24, 2.45) is 0 Å². The van der Waals surface area contributed by atoms with Gasteiger partial charge in [-0.05, 0) is 19.3 Å². The summed E-state index contributed by atoms with van der Waals surface area (Å²) < 4.78 is 0. The summed E-state index contributed by atoms with van der Waals surface area (Å²) in [5, 5.41) is 11.8. The number of hydrogen-bond donors (Lipinski definition) is 2. The third-order valence-corrected chi connectivity index (χ3v) is 2.78. The zero-order chi connectivity index (χ0) is 11.4. The van der Waals surface area contributed by atoms with E-state index in [2.05, 4.69) is 12.2 Å². The average molecular weight is 214 g/mol. The van der Waals surface area contributed by atoms with Gasteiger partial charge < -0.3 is 15.3 Å². The molecule has 0 spiro atoms. The Balaban J connectivity index is 2.44. The summed E-state index contributed by atoms with van der Waals surface area (Å²) in [4.78, 5) is 23.4. The van der Waals surface area contributed by atoms with Crippen LogP contribution in [0.4, 0.5) is 0 Å². The summed E-state index contributed by atoms with van der Waals surface area (Å²) in [6.07, 6.45) is 2.81. The van der Waals surface area contributed by atoms with Gasteiger partial charge in [-0.15, -0.1) is 0 Å². The molecule has 2 atom stereocenters. The van der Waals surface area contributed by atoms with Crippen LogP contribution in [0.15, 0.2) is 0 Å². The molecule has 0 aromatic heterocycles. The molecule has 0 aromatic carbocycles. The summed E-state index contributed by atoms with van der Waals surface area (Å²) in [5.74, 6) is -1.09. The number of carbonyl (C=O) groups excluding carboxylic acids is 1. The van der Waals surface area contributed by atoms with Gasteiger partial charge in [-0.2, -0.15) is 0 Å². The van der Waals surface area contributed by atoms with Gasteiger partial charge in [-0.3, -0.25) is 9.59 Å². The molecule has 0 radical (unpaired) electrons. The highest BCUT2D eigenvalue weighted by Gasteiger charge is 2.30. The third kappa shape index (κ3) is 3.20. The quantitative estimate of drug-likeness (QED) is 0.694. The van der Waals surface area contributed by atoms with E-state index in [0.29, 0.717) is 6.04 Å². The van der Waals surface area contributed by atoms with Gasteiger partial charge in [0.1, 0.15) is 6.54 Å². The molecule has 1 saturated heterocycles. The van der Waals surface area contributed by atoms with E-state index in [-0.39, 0.29) is 18.5 Å². The Morgan fingerprint density at radius 2 is 2.13 bits per heavy atom. The number of aliphatic carboxylic acids is 1. The van der Waals surface area contributed by atoms with Crippen molar-refractivity contribution in [2.45, 2.75) is 38.3 Å². The summed E-state index contributed by atoms with van der Waals surface area (Å²) in [7, 11) is 1.53. The molecule has 2 N–H and O–H groups in total. The van der Waals surface area contributed by atoms with Crippen LogP contribution in [0.2, 0.25) is 0 Å².